The summed E-state index contributed by atoms with van der Waals surface area (Å²) in [6, 6.07) is 17.1. The molecule has 0 spiro atoms. The second-order valence-corrected chi connectivity index (χ2v) is 9.99. The molecule has 2 atom stereocenters. The third-order valence-electron chi connectivity index (χ3n) is 7.55. The SMILES string of the molecule is CC1Cc2ccccc2N=C1c1cccc(N2CCC(C(=O)C=NCCC3CCOCC3)C2)c1. The maximum Gasteiger partial charge on any atom is 0.178 e. The Hall–Kier alpha value is -2.79. The minimum absolute atomic E-state index is 0.0355. The first-order valence-corrected chi connectivity index (χ1v) is 12.8. The highest BCUT2D eigenvalue weighted by Gasteiger charge is 2.28. The van der Waals surface area contributed by atoms with Gasteiger partial charge < -0.3 is 9.64 Å². The fourth-order valence-electron chi connectivity index (χ4n) is 5.45. The van der Waals surface area contributed by atoms with E-state index in [4.69, 9.17) is 9.73 Å². The van der Waals surface area contributed by atoms with E-state index in [9.17, 15) is 4.79 Å². The van der Waals surface area contributed by atoms with Crippen LogP contribution in [-0.2, 0) is 16.0 Å². The van der Waals surface area contributed by atoms with Crippen LogP contribution in [0.1, 0.15) is 43.7 Å². The van der Waals surface area contributed by atoms with Crippen molar-refractivity contribution in [3.05, 3.63) is 59.7 Å². The van der Waals surface area contributed by atoms with Crippen LogP contribution in [0.2, 0.25) is 0 Å². The van der Waals surface area contributed by atoms with E-state index in [1.807, 2.05) is 0 Å². The number of ether oxygens (including phenoxy) is 1. The first kappa shape index (κ1) is 23.0. The maximum atomic E-state index is 12.7. The van der Waals surface area contributed by atoms with Crippen LogP contribution in [0.5, 0.6) is 0 Å². The lowest BCUT2D eigenvalue weighted by molar-refractivity contribution is -0.115. The van der Waals surface area contributed by atoms with Gasteiger partial charge in [-0.15, -0.1) is 0 Å². The van der Waals surface area contributed by atoms with Crippen LogP contribution in [0.3, 0.4) is 0 Å². The zero-order chi connectivity index (χ0) is 23.3. The zero-order valence-electron chi connectivity index (χ0n) is 20.2. The smallest absolute Gasteiger partial charge is 0.178 e. The normalized spacial score (nSPS) is 23.2. The lowest BCUT2D eigenvalue weighted by Crippen LogP contribution is -2.24. The zero-order valence-corrected chi connectivity index (χ0v) is 20.2. The number of benzene rings is 2. The van der Waals surface area contributed by atoms with Crippen LogP contribution in [0.15, 0.2) is 58.5 Å². The molecule has 0 aliphatic carbocycles. The summed E-state index contributed by atoms with van der Waals surface area (Å²) in [7, 11) is 0. The van der Waals surface area contributed by atoms with Gasteiger partial charge in [0.1, 0.15) is 0 Å². The van der Waals surface area contributed by atoms with E-state index in [1.54, 1.807) is 6.21 Å². The van der Waals surface area contributed by atoms with Gasteiger partial charge in [0, 0.05) is 50.4 Å². The molecule has 34 heavy (non-hydrogen) atoms. The number of anilines is 1. The molecule has 5 nitrogen and oxygen atoms in total. The second-order valence-electron chi connectivity index (χ2n) is 9.99. The standard InChI is InChI=1S/C29H35N3O2/c1-21-17-23-5-2-3-8-27(23)31-29(21)24-6-4-7-26(18-24)32-14-10-25(20-32)28(33)19-30-13-9-22-11-15-34-16-12-22/h2-8,18-19,21-22,25H,9-17,20H2,1H3. The minimum Gasteiger partial charge on any atom is -0.381 e. The molecule has 0 amide bonds. The van der Waals surface area contributed by atoms with Gasteiger partial charge in [-0.05, 0) is 67.3 Å². The van der Waals surface area contributed by atoms with Crippen molar-refractivity contribution in [1.29, 1.82) is 0 Å². The van der Waals surface area contributed by atoms with E-state index in [0.717, 1.165) is 76.4 Å². The average Bonchev–Trinajstić information content (AvgIpc) is 3.37. The van der Waals surface area contributed by atoms with E-state index in [2.05, 4.69) is 65.3 Å². The van der Waals surface area contributed by atoms with Gasteiger partial charge in [0.15, 0.2) is 5.78 Å². The third-order valence-corrected chi connectivity index (χ3v) is 7.55. The van der Waals surface area contributed by atoms with Crippen LogP contribution in [0.4, 0.5) is 11.4 Å². The molecular formula is C29H35N3O2. The molecule has 3 aliphatic heterocycles. The van der Waals surface area contributed by atoms with Crippen molar-refractivity contribution in [2.24, 2.45) is 27.7 Å². The van der Waals surface area contributed by atoms with Gasteiger partial charge in [-0.25, -0.2) is 0 Å². The lowest BCUT2D eigenvalue weighted by atomic mass is 9.88. The van der Waals surface area contributed by atoms with E-state index < -0.39 is 0 Å². The number of carbonyl (C=O) groups excluding carboxylic acids is 1. The fourth-order valence-corrected chi connectivity index (χ4v) is 5.45. The number of aliphatic imine (C=N–C) groups is 2. The summed E-state index contributed by atoms with van der Waals surface area (Å²) in [4.78, 5) is 24.5. The van der Waals surface area contributed by atoms with Crippen LogP contribution < -0.4 is 4.90 Å². The highest BCUT2D eigenvalue weighted by atomic mass is 16.5. The molecule has 2 aromatic carbocycles. The number of fused-ring (bicyclic) bond motifs is 1. The Bertz CT molecular complexity index is 1070. The summed E-state index contributed by atoms with van der Waals surface area (Å²) < 4.78 is 5.42. The Balaban J connectivity index is 1.20. The minimum atomic E-state index is 0.0355. The van der Waals surface area contributed by atoms with Gasteiger partial charge in [-0.3, -0.25) is 14.8 Å². The molecule has 0 aromatic heterocycles. The quantitative estimate of drug-likeness (QED) is 0.532. The van der Waals surface area contributed by atoms with Crippen molar-refractivity contribution in [3.8, 4) is 0 Å². The fraction of sp³-hybridized carbons (Fsp3) is 0.483. The van der Waals surface area contributed by atoms with Crippen molar-refractivity contribution in [3.63, 3.8) is 0 Å². The molecule has 2 saturated heterocycles. The number of nitrogens with zero attached hydrogens (tertiary/aromatic N) is 3. The summed E-state index contributed by atoms with van der Waals surface area (Å²) in [6.07, 6.45) is 6.81. The molecule has 2 unspecified atom stereocenters. The molecule has 0 radical (unpaired) electrons. The van der Waals surface area contributed by atoms with Gasteiger partial charge in [0.2, 0.25) is 0 Å². The topological polar surface area (TPSA) is 54.3 Å². The molecule has 0 bridgehead atoms. The number of rotatable bonds is 7. The Labute approximate surface area is 203 Å². The predicted octanol–water partition coefficient (Wildman–Crippen LogP) is 5.28. The Morgan fingerprint density at radius 2 is 2.00 bits per heavy atom. The number of ketones is 1. The Morgan fingerprint density at radius 3 is 2.88 bits per heavy atom. The first-order valence-electron chi connectivity index (χ1n) is 12.8. The van der Waals surface area contributed by atoms with Gasteiger partial charge in [0.25, 0.3) is 0 Å². The molecular weight excluding hydrogens is 422 g/mol. The van der Waals surface area contributed by atoms with E-state index in [-0.39, 0.29) is 11.7 Å². The number of carbonyl (C=O) groups is 1. The lowest BCUT2D eigenvalue weighted by Gasteiger charge is -2.24. The van der Waals surface area contributed by atoms with Gasteiger partial charge in [-0.1, -0.05) is 37.3 Å². The highest BCUT2D eigenvalue weighted by molar-refractivity contribution is 6.28. The van der Waals surface area contributed by atoms with Gasteiger partial charge >= 0.3 is 0 Å². The van der Waals surface area contributed by atoms with Crippen molar-refractivity contribution in [1.82, 2.24) is 0 Å². The summed E-state index contributed by atoms with van der Waals surface area (Å²) in [5, 5.41) is 0. The number of hydrogen-bond donors (Lipinski definition) is 0. The van der Waals surface area contributed by atoms with Crippen LogP contribution >= 0.6 is 0 Å². The molecule has 0 saturated carbocycles. The van der Waals surface area contributed by atoms with Crippen molar-refractivity contribution < 1.29 is 9.53 Å². The predicted molar refractivity (Wildman–Crippen MR) is 139 cm³/mol. The van der Waals surface area contributed by atoms with Gasteiger partial charge in [-0.2, -0.15) is 0 Å². The van der Waals surface area contributed by atoms with Crippen molar-refractivity contribution in [2.45, 2.75) is 39.0 Å². The Kier molecular flexibility index (Phi) is 7.19. The average molecular weight is 458 g/mol. The molecule has 178 valence electrons. The molecule has 2 aromatic rings. The van der Waals surface area contributed by atoms with Crippen LogP contribution in [-0.4, -0.2) is 50.6 Å². The summed E-state index contributed by atoms with van der Waals surface area (Å²) in [5.41, 5.74) is 5.93. The Morgan fingerprint density at radius 1 is 1.15 bits per heavy atom. The van der Waals surface area contributed by atoms with Crippen LogP contribution in [0, 0.1) is 17.8 Å². The number of Topliss-reactive ketones (excluding diaryl/α,β-unsaturated/α-hetero) is 1. The largest absolute Gasteiger partial charge is 0.381 e. The molecule has 2 fully saturated rings. The first-order chi connectivity index (χ1) is 16.7. The molecule has 3 aliphatic rings. The summed E-state index contributed by atoms with van der Waals surface area (Å²) in [5.74, 6) is 1.29. The van der Waals surface area contributed by atoms with Crippen molar-refractivity contribution >= 4 is 29.1 Å². The summed E-state index contributed by atoms with van der Waals surface area (Å²) >= 11 is 0. The number of hydrogen-bond acceptors (Lipinski definition) is 5. The van der Waals surface area contributed by atoms with Gasteiger partial charge in [0.05, 0.1) is 17.6 Å². The van der Waals surface area contributed by atoms with E-state index in [0.29, 0.717) is 11.8 Å². The monoisotopic (exact) mass is 457 g/mol. The molecule has 3 heterocycles. The maximum absolute atomic E-state index is 12.7. The molecule has 0 N–H and O–H groups in total. The van der Waals surface area contributed by atoms with Crippen LogP contribution in [0.25, 0.3) is 0 Å². The van der Waals surface area contributed by atoms with E-state index >= 15 is 0 Å². The molecule has 5 rings (SSSR count). The molecule has 5 heteroatoms. The third kappa shape index (κ3) is 5.30. The number of para-hydroxylation sites is 1. The second kappa shape index (κ2) is 10.6. The van der Waals surface area contributed by atoms with E-state index in [1.165, 1.54) is 16.8 Å². The summed E-state index contributed by atoms with van der Waals surface area (Å²) in [6.45, 7) is 6.41. The highest BCUT2D eigenvalue weighted by Crippen LogP contribution is 2.32. The van der Waals surface area contributed by atoms with Crippen molar-refractivity contribution in [2.75, 3.05) is 37.7 Å².